The van der Waals surface area contributed by atoms with Crippen LogP contribution in [0.3, 0.4) is 0 Å². The second-order valence-corrected chi connectivity index (χ2v) is 5.13. The van der Waals surface area contributed by atoms with Crippen LogP contribution >= 0.6 is 0 Å². The lowest BCUT2D eigenvalue weighted by Crippen LogP contribution is -2.21. The number of fused-ring (bicyclic) bond motifs is 1. The molecule has 0 fully saturated rings. The fourth-order valence-corrected chi connectivity index (χ4v) is 2.47. The van der Waals surface area contributed by atoms with Crippen molar-refractivity contribution in [2.24, 2.45) is 7.05 Å². The highest BCUT2D eigenvalue weighted by Gasteiger charge is 2.40. The zero-order chi connectivity index (χ0) is 16.6. The van der Waals surface area contributed by atoms with Crippen molar-refractivity contribution in [2.75, 3.05) is 6.61 Å². The summed E-state index contributed by atoms with van der Waals surface area (Å²) in [6, 6.07) is 6.96. The van der Waals surface area contributed by atoms with Crippen molar-refractivity contribution >= 4 is 5.97 Å². The molecule has 0 radical (unpaired) electrons. The summed E-state index contributed by atoms with van der Waals surface area (Å²) in [5, 5.41) is 3.31. The van der Waals surface area contributed by atoms with Gasteiger partial charge in [0.2, 0.25) is 0 Å². The van der Waals surface area contributed by atoms with E-state index in [9.17, 15) is 18.0 Å². The summed E-state index contributed by atoms with van der Waals surface area (Å²) >= 11 is 0. The van der Waals surface area contributed by atoms with Crippen molar-refractivity contribution in [3.05, 3.63) is 47.3 Å². The molecule has 23 heavy (non-hydrogen) atoms. The van der Waals surface area contributed by atoms with Crippen LogP contribution in [0.1, 0.15) is 34.1 Å². The molecule has 0 saturated heterocycles. The fourth-order valence-electron chi connectivity index (χ4n) is 2.47. The second-order valence-electron chi connectivity index (χ2n) is 5.13. The van der Waals surface area contributed by atoms with Gasteiger partial charge >= 0.3 is 12.1 Å². The number of hydrogen-bond acceptors (Lipinski definition) is 4. The summed E-state index contributed by atoms with van der Waals surface area (Å²) in [5.74, 6) is -0.481. The Balaban J connectivity index is 1.87. The van der Waals surface area contributed by atoms with Crippen LogP contribution in [0.5, 0.6) is 5.75 Å². The minimum absolute atomic E-state index is 0.328. The van der Waals surface area contributed by atoms with Crippen LogP contribution in [0.15, 0.2) is 30.5 Å². The summed E-state index contributed by atoms with van der Waals surface area (Å²) in [6.45, 7) is 0.328. The monoisotopic (exact) mass is 326 g/mol. The van der Waals surface area contributed by atoms with Crippen LogP contribution in [0.25, 0.3) is 0 Å². The van der Waals surface area contributed by atoms with Gasteiger partial charge in [0.05, 0.1) is 6.61 Å². The Labute approximate surface area is 129 Å². The van der Waals surface area contributed by atoms with Crippen molar-refractivity contribution in [3.63, 3.8) is 0 Å². The second kappa shape index (κ2) is 5.60. The minimum atomic E-state index is -4.72. The first kappa shape index (κ1) is 15.4. The molecule has 1 aromatic heterocycles. The lowest BCUT2D eigenvalue weighted by Gasteiger charge is -2.25. The molecule has 1 aromatic carbocycles. The van der Waals surface area contributed by atoms with Gasteiger partial charge in [0.1, 0.15) is 17.4 Å². The molecule has 1 aliphatic rings. The number of esters is 1. The molecule has 1 unspecified atom stereocenters. The number of aromatic nitrogens is 2. The number of nitrogens with zero attached hydrogens (tertiary/aromatic N) is 2. The molecule has 8 heteroatoms. The maximum atomic E-state index is 12.9. The average Bonchev–Trinajstić information content (AvgIpc) is 2.90. The van der Waals surface area contributed by atoms with E-state index in [0.717, 1.165) is 10.9 Å². The van der Waals surface area contributed by atoms with E-state index in [-0.39, 0.29) is 0 Å². The molecular weight excluding hydrogens is 313 g/mol. The van der Waals surface area contributed by atoms with Crippen LogP contribution in [0, 0.1) is 0 Å². The van der Waals surface area contributed by atoms with Gasteiger partial charge in [-0.3, -0.25) is 4.68 Å². The first-order valence-electron chi connectivity index (χ1n) is 6.90. The molecule has 0 aliphatic carbocycles. The Bertz CT molecular complexity index is 740. The van der Waals surface area contributed by atoms with Crippen molar-refractivity contribution in [1.29, 1.82) is 0 Å². The normalized spacial score (nSPS) is 17.3. The molecule has 3 rings (SSSR count). The van der Waals surface area contributed by atoms with Crippen LogP contribution in [-0.4, -0.2) is 22.4 Å². The van der Waals surface area contributed by atoms with Gasteiger partial charge in [-0.1, -0.05) is 18.2 Å². The molecule has 0 bridgehead atoms. The molecular formula is C15H13F3N2O3. The summed E-state index contributed by atoms with van der Waals surface area (Å²) < 4.78 is 50.5. The Morgan fingerprint density at radius 3 is 2.87 bits per heavy atom. The van der Waals surface area contributed by atoms with Gasteiger partial charge in [-0.2, -0.15) is 18.3 Å². The number of carbonyl (C=O) groups excluding carboxylic acids is 1. The highest BCUT2D eigenvalue weighted by atomic mass is 19.4. The molecule has 0 amide bonds. The van der Waals surface area contributed by atoms with Gasteiger partial charge in [-0.15, -0.1) is 0 Å². The van der Waals surface area contributed by atoms with Gasteiger partial charge in [0.25, 0.3) is 0 Å². The predicted octanol–water partition coefficient (Wildman–Crippen LogP) is 3.12. The van der Waals surface area contributed by atoms with Gasteiger partial charge in [-0.05, 0) is 6.07 Å². The van der Waals surface area contributed by atoms with E-state index in [0.29, 0.717) is 24.3 Å². The summed E-state index contributed by atoms with van der Waals surface area (Å²) in [6.07, 6.45) is -3.97. The first-order valence-corrected chi connectivity index (χ1v) is 6.90. The lowest BCUT2D eigenvalue weighted by molar-refractivity contribution is -0.142. The number of alkyl halides is 3. The van der Waals surface area contributed by atoms with Gasteiger partial charge in [0, 0.05) is 25.2 Å². The van der Waals surface area contributed by atoms with Crippen molar-refractivity contribution in [3.8, 4) is 5.75 Å². The molecule has 1 aliphatic heterocycles. The number of hydrogen-bond donors (Lipinski definition) is 0. The zero-order valence-corrected chi connectivity index (χ0v) is 12.1. The minimum Gasteiger partial charge on any atom is -0.493 e. The number of para-hydroxylation sites is 1. The Morgan fingerprint density at radius 2 is 2.13 bits per heavy atom. The number of benzene rings is 1. The molecule has 2 aromatic rings. The topological polar surface area (TPSA) is 53.4 Å². The smallest absolute Gasteiger partial charge is 0.436 e. The van der Waals surface area contributed by atoms with E-state index >= 15 is 0 Å². The Kier molecular flexibility index (Phi) is 3.75. The van der Waals surface area contributed by atoms with E-state index in [1.807, 2.05) is 0 Å². The van der Waals surface area contributed by atoms with Crippen LogP contribution in [0.2, 0.25) is 0 Å². The average molecular weight is 326 g/mol. The maximum absolute atomic E-state index is 12.9. The molecule has 2 heterocycles. The van der Waals surface area contributed by atoms with Crippen LogP contribution < -0.4 is 4.74 Å². The van der Waals surface area contributed by atoms with Gasteiger partial charge in [0.15, 0.2) is 5.69 Å². The molecule has 122 valence electrons. The number of carbonyl (C=O) groups is 1. The molecule has 0 saturated carbocycles. The Hall–Kier alpha value is -2.51. The summed E-state index contributed by atoms with van der Waals surface area (Å²) in [4.78, 5) is 12.2. The highest BCUT2D eigenvalue weighted by Crippen LogP contribution is 2.36. The van der Waals surface area contributed by atoms with Crippen LogP contribution in [0.4, 0.5) is 13.2 Å². The van der Waals surface area contributed by atoms with E-state index in [1.165, 1.54) is 7.05 Å². The SMILES string of the molecule is Cn1cc(C(=O)OC2CCOc3ccccc32)c(C(F)(F)F)n1. The first-order chi connectivity index (χ1) is 10.9. The van der Waals surface area contributed by atoms with Crippen molar-refractivity contribution in [2.45, 2.75) is 18.7 Å². The molecule has 1 atom stereocenters. The quantitative estimate of drug-likeness (QED) is 0.796. The number of aryl methyl sites for hydroxylation is 1. The summed E-state index contributed by atoms with van der Waals surface area (Å²) in [5.41, 5.74) is -1.20. The molecule has 0 N–H and O–H groups in total. The van der Waals surface area contributed by atoms with E-state index in [2.05, 4.69) is 5.10 Å². The van der Waals surface area contributed by atoms with E-state index in [1.54, 1.807) is 24.3 Å². The van der Waals surface area contributed by atoms with E-state index < -0.39 is 29.5 Å². The predicted molar refractivity (Wildman–Crippen MR) is 72.9 cm³/mol. The highest BCUT2D eigenvalue weighted by molar-refractivity contribution is 5.90. The molecule has 5 nitrogen and oxygen atoms in total. The van der Waals surface area contributed by atoms with Gasteiger partial charge in [-0.25, -0.2) is 4.79 Å². The third-order valence-corrected chi connectivity index (χ3v) is 3.47. The Morgan fingerprint density at radius 1 is 1.39 bits per heavy atom. The van der Waals surface area contributed by atoms with E-state index in [4.69, 9.17) is 9.47 Å². The number of rotatable bonds is 2. The summed E-state index contributed by atoms with van der Waals surface area (Å²) in [7, 11) is 1.32. The fraction of sp³-hybridized carbons (Fsp3) is 0.333. The maximum Gasteiger partial charge on any atom is 0.436 e. The number of ether oxygens (including phenoxy) is 2. The largest absolute Gasteiger partial charge is 0.493 e. The molecule has 0 spiro atoms. The van der Waals surface area contributed by atoms with Crippen molar-refractivity contribution in [1.82, 2.24) is 9.78 Å². The zero-order valence-electron chi connectivity index (χ0n) is 12.1. The third-order valence-electron chi connectivity index (χ3n) is 3.47. The lowest BCUT2D eigenvalue weighted by atomic mass is 10.0. The van der Waals surface area contributed by atoms with Crippen LogP contribution in [-0.2, 0) is 18.0 Å². The van der Waals surface area contributed by atoms with Crippen molar-refractivity contribution < 1.29 is 27.4 Å². The number of halogens is 3. The standard InChI is InChI=1S/C15H13F3N2O3/c1-20-8-10(13(19-20)15(16,17)18)14(21)23-12-6-7-22-11-5-3-2-4-9(11)12/h2-5,8,12H,6-7H2,1H3. The van der Waals surface area contributed by atoms with Gasteiger partial charge < -0.3 is 9.47 Å². The third kappa shape index (κ3) is 3.01.